The molecule has 0 amide bonds. The average molecular weight is 342 g/mol. The van der Waals surface area contributed by atoms with E-state index in [0.29, 0.717) is 6.04 Å². The van der Waals surface area contributed by atoms with Crippen molar-refractivity contribution in [3.05, 3.63) is 53.6 Å². The highest BCUT2D eigenvalue weighted by Crippen LogP contribution is 2.18. The predicted octanol–water partition coefficient (Wildman–Crippen LogP) is 2.28. The van der Waals surface area contributed by atoms with Crippen molar-refractivity contribution in [1.82, 2.24) is 19.4 Å². The number of benzene rings is 1. The number of rotatable bonds is 7. The van der Waals surface area contributed by atoms with Crippen molar-refractivity contribution in [2.24, 2.45) is 0 Å². The smallest absolute Gasteiger partial charge is 0.122 e. The minimum Gasteiger partial charge on any atom is -0.396 e. The van der Waals surface area contributed by atoms with Crippen LogP contribution in [-0.4, -0.2) is 56.7 Å². The van der Waals surface area contributed by atoms with Gasteiger partial charge in [0, 0.05) is 57.8 Å². The first-order valence-electron chi connectivity index (χ1n) is 9.32. The van der Waals surface area contributed by atoms with Gasteiger partial charge in [0.2, 0.25) is 0 Å². The lowest BCUT2D eigenvalue weighted by atomic mass is 10.1. The fourth-order valence-electron chi connectivity index (χ4n) is 3.64. The number of aromatic nitrogens is 2. The Morgan fingerprint density at radius 2 is 1.96 bits per heavy atom. The Labute approximate surface area is 150 Å². The summed E-state index contributed by atoms with van der Waals surface area (Å²) in [5.41, 5.74) is 2.65. The summed E-state index contributed by atoms with van der Waals surface area (Å²) < 4.78 is 2.21. The SMILES string of the molecule is CCn1ccnc1CN1CCN(Cc2ccc(C)cc2)[C@@H](CCO)C1. The number of aryl methyl sites for hydroxylation is 2. The van der Waals surface area contributed by atoms with Crippen LogP contribution < -0.4 is 0 Å². The molecule has 1 aromatic heterocycles. The molecule has 2 aromatic rings. The molecule has 1 aliphatic rings. The van der Waals surface area contributed by atoms with E-state index in [0.717, 1.165) is 51.5 Å². The summed E-state index contributed by atoms with van der Waals surface area (Å²) in [6.07, 6.45) is 4.76. The normalized spacial score (nSPS) is 19.4. The molecule has 136 valence electrons. The number of nitrogens with zero attached hydrogens (tertiary/aromatic N) is 4. The van der Waals surface area contributed by atoms with Gasteiger partial charge in [0.15, 0.2) is 0 Å². The predicted molar refractivity (Wildman–Crippen MR) is 100 cm³/mol. The molecule has 1 saturated heterocycles. The van der Waals surface area contributed by atoms with Gasteiger partial charge in [-0.15, -0.1) is 0 Å². The molecule has 1 N–H and O–H groups in total. The third-order valence-electron chi connectivity index (χ3n) is 5.16. The second kappa shape index (κ2) is 8.61. The Morgan fingerprint density at radius 1 is 1.16 bits per heavy atom. The molecular formula is C20H30N4O. The molecule has 1 fully saturated rings. The van der Waals surface area contributed by atoms with Crippen LogP contribution in [0, 0.1) is 6.92 Å². The van der Waals surface area contributed by atoms with Gasteiger partial charge in [0.25, 0.3) is 0 Å². The summed E-state index contributed by atoms with van der Waals surface area (Å²) in [6, 6.07) is 9.19. The lowest BCUT2D eigenvalue weighted by Crippen LogP contribution is -2.52. The Bertz CT molecular complexity index is 652. The third-order valence-corrected chi connectivity index (χ3v) is 5.16. The van der Waals surface area contributed by atoms with Gasteiger partial charge in [0.1, 0.15) is 5.82 Å². The fourth-order valence-corrected chi connectivity index (χ4v) is 3.64. The molecule has 5 nitrogen and oxygen atoms in total. The Balaban J connectivity index is 1.62. The number of aliphatic hydroxyl groups excluding tert-OH is 1. The molecule has 1 aromatic carbocycles. The van der Waals surface area contributed by atoms with Crippen LogP contribution in [0.15, 0.2) is 36.7 Å². The molecule has 0 bridgehead atoms. The quantitative estimate of drug-likeness (QED) is 0.838. The molecule has 25 heavy (non-hydrogen) atoms. The highest BCUT2D eigenvalue weighted by Gasteiger charge is 2.27. The van der Waals surface area contributed by atoms with Gasteiger partial charge >= 0.3 is 0 Å². The zero-order valence-electron chi connectivity index (χ0n) is 15.4. The van der Waals surface area contributed by atoms with Gasteiger partial charge in [-0.05, 0) is 25.8 Å². The maximum Gasteiger partial charge on any atom is 0.122 e. The molecule has 0 saturated carbocycles. The van der Waals surface area contributed by atoms with Crippen LogP contribution in [-0.2, 0) is 19.6 Å². The molecule has 5 heteroatoms. The van der Waals surface area contributed by atoms with Gasteiger partial charge in [-0.1, -0.05) is 29.8 Å². The number of piperazine rings is 1. The van der Waals surface area contributed by atoms with Crippen molar-refractivity contribution in [1.29, 1.82) is 0 Å². The van der Waals surface area contributed by atoms with Gasteiger partial charge in [-0.3, -0.25) is 9.80 Å². The van der Waals surface area contributed by atoms with E-state index in [1.165, 1.54) is 11.1 Å². The molecule has 0 aliphatic carbocycles. The molecule has 1 aliphatic heterocycles. The molecular weight excluding hydrogens is 312 g/mol. The summed E-state index contributed by atoms with van der Waals surface area (Å²) in [5.74, 6) is 1.14. The number of hydrogen-bond donors (Lipinski definition) is 1. The van der Waals surface area contributed by atoms with Crippen LogP contribution in [0.4, 0.5) is 0 Å². The highest BCUT2D eigenvalue weighted by atomic mass is 16.3. The van der Waals surface area contributed by atoms with E-state index < -0.39 is 0 Å². The highest BCUT2D eigenvalue weighted by molar-refractivity contribution is 5.21. The van der Waals surface area contributed by atoms with Crippen LogP contribution in [0.1, 0.15) is 30.3 Å². The van der Waals surface area contributed by atoms with Crippen LogP contribution >= 0.6 is 0 Å². The summed E-state index contributed by atoms with van der Waals surface area (Å²) in [5, 5.41) is 9.50. The van der Waals surface area contributed by atoms with Crippen molar-refractivity contribution in [3.8, 4) is 0 Å². The molecule has 2 heterocycles. The van der Waals surface area contributed by atoms with Crippen LogP contribution in [0.25, 0.3) is 0 Å². The summed E-state index contributed by atoms with van der Waals surface area (Å²) in [7, 11) is 0. The van der Waals surface area contributed by atoms with E-state index in [9.17, 15) is 5.11 Å². The lowest BCUT2D eigenvalue weighted by Gasteiger charge is -2.41. The van der Waals surface area contributed by atoms with Crippen LogP contribution in [0.3, 0.4) is 0 Å². The number of hydrogen-bond acceptors (Lipinski definition) is 4. The number of imidazole rings is 1. The fraction of sp³-hybridized carbons (Fsp3) is 0.550. The van der Waals surface area contributed by atoms with Crippen LogP contribution in [0.2, 0.25) is 0 Å². The summed E-state index contributed by atoms with van der Waals surface area (Å²) in [4.78, 5) is 9.50. The summed E-state index contributed by atoms with van der Waals surface area (Å²) in [6.45, 7) is 10.4. The molecule has 0 unspecified atom stereocenters. The van der Waals surface area contributed by atoms with Crippen molar-refractivity contribution < 1.29 is 5.11 Å². The Kier molecular flexibility index (Phi) is 6.24. The van der Waals surface area contributed by atoms with E-state index in [2.05, 4.69) is 57.5 Å². The molecule has 0 radical (unpaired) electrons. The van der Waals surface area contributed by atoms with Gasteiger partial charge in [-0.2, -0.15) is 0 Å². The van der Waals surface area contributed by atoms with E-state index in [-0.39, 0.29) is 6.61 Å². The van der Waals surface area contributed by atoms with Crippen LogP contribution in [0.5, 0.6) is 0 Å². The van der Waals surface area contributed by atoms with Crippen molar-refractivity contribution in [2.75, 3.05) is 26.2 Å². The molecule has 0 spiro atoms. The number of aliphatic hydroxyl groups is 1. The monoisotopic (exact) mass is 342 g/mol. The minimum absolute atomic E-state index is 0.243. The van der Waals surface area contributed by atoms with E-state index in [4.69, 9.17) is 0 Å². The van der Waals surface area contributed by atoms with Gasteiger partial charge < -0.3 is 9.67 Å². The zero-order chi connectivity index (χ0) is 17.6. The maximum atomic E-state index is 9.50. The van der Waals surface area contributed by atoms with Crippen molar-refractivity contribution >= 4 is 0 Å². The second-order valence-corrected chi connectivity index (χ2v) is 6.99. The lowest BCUT2D eigenvalue weighted by molar-refractivity contribution is 0.0483. The third kappa shape index (κ3) is 4.69. The van der Waals surface area contributed by atoms with Gasteiger partial charge in [0.05, 0.1) is 6.54 Å². The standard InChI is InChI=1S/C20H30N4O/c1-3-23-10-9-21-20(23)16-22-11-12-24(19(15-22)8-13-25)14-18-6-4-17(2)5-7-18/h4-7,9-10,19,25H,3,8,11-16H2,1-2H3/t19-/m0/s1. The molecule has 1 atom stereocenters. The summed E-state index contributed by atoms with van der Waals surface area (Å²) >= 11 is 0. The topological polar surface area (TPSA) is 44.5 Å². The van der Waals surface area contributed by atoms with E-state index in [1.54, 1.807) is 0 Å². The maximum absolute atomic E-state index is 9.50. The van der Waals surface area contributed by atoms with Crippen molar-refractivity contribution in [2.45, 2.75) is 45.9 Å². The van der Waals surface area contributed by atoms with Gasteiger partial charge in [-0.25, -0.2) is 4.98 Å². The first-order valence-corrected chi connectivity index (χ1v) is 9.32. The zero-order valence-corrected chi connectivity index (χ0v) is 15.4. The largest absolute Gasteiger partial charge is 0.396 e. The average Bonchev–Trinajstić information content (AvgIpc) is 3.06. The van der Waals surface area contributed by atoms with E-state index in [1.807, 2.05) is 12.4 Å². The Morgan fingerprint density at radius 3 is 2.68 bits per heavy atom. The van der Waals surface area contributed by atoms with E-state index >= 15 is 0 Å². The minimum atomic E-state index is 0.243. The first kappa shape index (κ1) is 18.1. The Hall–Kier alpha value is -1.69. The second-order valence-electron chi connectivity index (χ2n) is 6.99. The first-order chi connectivity index (χ1) is 12.2. The molecule has 3 rings (SSSR count). The van der Waals surface area contributed by atoms with Crippen molar-refractivity contribution in [3.63, 3.8) is 0 Å².